The van der Waals surface area contributed by atoms with Crippen LogP contribution in [0.1, 0.15) is 25.7 Å². The minimum atomic E-state index is -0.464. The van der Waals surface area contributed by atoms with Gasteiger partial charge in [-0.25, -0.2) is 4.79 Å². The zero-order chi connectivity index (χ0) is 24.9. The second kappa shape index (κ2) is 11.4. The Morgan fingerprint density at radius 3 is 2.72 bits per heavy atom. The van der Waals surface area contributed by atoms with Crippen LogP contribution >= 0.6 is 22.9 Å². The number of fused-ring (bicyclic) bond motifs is 1. The van der Waals surface area contributed by atoms with Gasteiger partial charge in [0.2, 0.25) is 5.88 Å². The highest BCUT2D eigenvalue weighted by Gasteiger charge is 2.24. The van der Waals surface area contributed by atoms with Gasteiger partial charge in [-0.3, -0.25) is 9.80 Å². The number of rotatable bonds is 8. The van der Waals surface area contributed by atoms with Crippen molar-refractivity contribution in [2.24, 2.45) is 5.73 Å². The molecule has 1 aromatic carbocycles. The average Bonchev–Trinajstić information content (AvgIpc) is 3.25. The summed E-state index contributed by atoms with van der Waals surface area (Å²) in [4.78, 5) is 18.5. The van der Waals surface area contributed by atoms with E-state index in [1.807, 2.05) is 24.3 Å². The van der Waals surface area contributed by atoms with Gasteiger partial charge in [0.05, 0.1) is 5.02 Å². The van der Waals surface area contributed by atoms with Crippen LogP contribution in [-0.2, 0) is 9.47 Å². The summed E-state index contributed by atoms with van der Waals surface area (Å²) in [7, 11) is 0. The number of piperazine rings is 1. The number of nitrogens with two attached hydrogens (primary N) is 1. The van der Waals surface area contributed by atoms with Crippen LogP contribution < -0.4 is 10.6 Å². The van der Waals surface area contributed by atoms with E-state index in [9.17, 15) is 4.79 Å². The molecule has 2 N–H and O–H groups in total. The van der Waals surface area contributed by atoms with Crippen molar-refractivity contribution >= 4 is 44.1 Å². The van der Waals surface area contributed by atoms with Crippen molar-refractivity contribution in [2.45, 2.75) is 25.7 Å². The number of hydrogen-bond donors (Lipinski definition) is 1. The van der Waals surface area contributed by atoms with Gasteiger partial charge >= 0.3 is 6.03 Å². The summed E-state index contributed by atoms with van der Waals surface area (Å²) >= 11 is 8.08. The summed E-state index contributed by atoms with van der Waals surface area (Å²) in [6.07, 6.45) is 13.5. The molecule has 0 saturated carbocycles. The maximum atomic E-state index is 12.2. The van der Waals surface area contributed by atoms with Crippen molar-refractivity contribution in [2.75, 3.05) is 44.2 Å². The lowest BCUT2D eigenvalue weighted by Gasteiger charge is -2.37. The number of anilines is 1. The summed E-state index contributed by atoms with van der Waals surface area (Å²) in [5.41, 5.74) is 6.88. The molecule has 0 radical (unpaired) electrons. The normalized spacial score (nSPS) is 18.2. The minimum Gasteiger partial charge on any atom is -0.463 e. The highest BCUT2D eigenvalue weighted by atomic mass is 35.5. The quantitative estimate of drug-likeness (QED) is 0.440. The standard InChI is InChI=1S/C27H31ClN4O3S/c28-25-21-10-4-5-11-23(21)36-26(25)32(27(29)33)13-7-6-12-30-14-16-31(17-15-30)24-19-34-18-22(35-24)20-8-2-1-3-9-20/h1-2,4-5,8,10-11,18-19H,3,6-7,9,12-17H2,(H2,29,33). The van der Waals surface area contributed by atoms with Crippen molar-refractivity contribution in [1.29, 1.82) is 0 Å². The second-order valence-electron chi connectivity index (χ2n) is 9.08. The molecule has 2 amide bonds. The first-order valence-corrected chi connectivity index (χ1v) is 13.6. The Morgan fingerprint density at radius 2 is 1.97 bits per heavy atom. The summed E-state index contributed by atoms with van der Waals surface area (Å²) in [5.74, 6) is 1.58. The smallest absolute Gasteiger partial charge is 0.319 e. The minimum absolute atomic E-state index is 0.464. The molecule has 36 heavy (non-hydrogen) atoms. The zero-order valence-corrected chi connectivity index (χ0v) is 21.8. The number of hydrogen-bond acceptors (Lipinski definition) is 6. The van der Waals surface area contributed by atoms with Crippen LogP contribution in [0.15, 0.2) is 72.2 Å². The Bertz CT molecular complexity index is 1230. The number of urea groups is 1. The molecule has 3 heterocycles. The second-order valence-corrected chi connectivity index (χ2v) is 10.5. The van der Waals surface area contributed by atoms with Gasteiger partial charge in [-0.05, 0) is 43.9 Å². The largest absolute Gasteiger partial charge is 0.463 e. The molecule has 9 heteroatoms. The van der Waals surface area contributed by atoms with Gasteiger partial charge in [-0.1, -0.05) is 48.0 Å². The molecule has 1 fully saturated rings. The Balaban J connectivity index is 1.07. The van der Waals surface area contributed by atoms with E-state index >= 15 is 0 Å². The predicted molar refractivity (Wildman–Crippen MR) is 146 cm³/mol. The van der Waals surface area contributed by atoms with Crippen LogP contribution in [0.4, 0.5) is 9.80 Å². The van der Waals surface area contributed by atoms with E-state index in [4.69, 9.17) is 26.8 Å². The Morgan fingerprint density at radius 1 is 1.14 bits per heavy atom. The van der Waals surface area contributed by atoms with Crippen molar-refractivity contribution in [3.8, 4) is 0 Å². The third-order valence-corrected chi connectivity index (χ3v) is 8.40. The first-order valence-electron chi connectivity index (χ1n) is 12.4. The van der Waals surface area contributed by atoms with Crippen molar-refractivity contribution < 1.29 is 14.3 Å². The molecular formula is C27H31ClN4O3S. The van der Waals surface area contributed by atoms with Gasteiger partial charge in [0.25, 0.3) is 0 Å². The number of ether oxygens (including phenoxy) is 2. The van der Waals surface area contributed by atoms with Crippen LogP contribution in [0.2, 0.25) is 5.02 Å². The molecule has 1 aliphatic carbocycles. The Hall–Kier alpha value is -2.94. The average molecular weight is 527 g/mol. The molecule has 0 unspecified atom stereocenters. The van der Waals surface area contributed by atoms with Crippen LogP contribution in [0.5, 0.6) is 0 Å². The molecule has 2 aliphatic heterocycles. The number of benzene rings is 1. The molecule has 0 bridgehead atoms. The maximum absolute atomic E-state index is 12.2. The lowest BCUT2D eigenvalue weighted by atomic mass is 10.0. The summed E-state index contributed by atoms with van der Waals surface area (Å²) < 4.78 is 12.8. The first-order chi connectivity index (χ1) is 17.6. The van der Waals surface area contributed by atoms with E-state index in [2.05, 4.69) is 28.0 Å². The van der Waals surface area contributed by atoms with Gasteiger partial charge in [-0.2, -0.15) is 0 Å². The fraction of sp³-hybridized carbons (Fsp3) is 0.370. The molecule has 2 aromatic rings. The molecule has 5 rings (SSSR count). The van der Waals surface area contributed by atoms with Gasteiger partial charge in [0.1, 0.15) is 11.3 Å². The topological polar surface area (TPSA) is 71.3 Å². The van der Waals surface area contributed by atoms with Crippen LogP contribution in [0.25, 0.3) is 10.1 Å². The van der Waals surface area contributed by atoms with E-state index in [0.717, 1.165) is 85.1 Å². The number of nitrogens with zero attached hydrogens (tertiary/aromatic N) is 3. The molecule has 0 atom stereocenters. The lowest BCUT2D eigenvalue weighted by Crippen LogP contribution is -2.46. The number of unbranched alkanes of at least 4 members (excludes halogenated alkanes) is 1. The van der Waals surface area contributed by atoms with Crippen LogP contribution in [-0.4, -0.2) is 55.1 Å². The molecule has 7 nitrogen and oxygen atoms in total. The Labute approximate surface area is 220 Å². The fourth-order valence-corrected chi connectivity index (χ4v) is 6.25. The number of primary amides is 1. The van der Waals surface area contributed by atoms with E-state index < -0.39 is 6.03 Å². The van der Waals surface area contributed by atoms with Gasteiger partial charge < -0.3 is 20.1 Å². The van der Waals surface area contributed by atoms with Crippen LogP contribution in [0.3, 0.4) is 0 Å². The first kappa shape index (κ1) is 24.7. The number of carbonyl (C=O) groups is 1. The van der Waals surface area contributed by atoms with E-state index in [-0.39, 0.29) is 0 Å². The molecule has 1 aromatic heterocycles. The number of allylic oxidation sites excluding steroid dienone is 4. The van der Waals surface area contributed by atoms with Gasteiger partial charge in [0.15, 0.2) is 12.0 Å². The zero-order valence-electron chi connectivity index (χ0n) is 20.2. The van der Waals surface area contributed by atoms with Gasteiger partial charge in [0, 0.05) is 42.8 Å². The molecular weight excluding hydrogens is 496 g/mol. The maximum Gasteiger partial charge on any atom is 0.319 e. The van der Waals surface area contributed by atoms with E-state index in [1.54, 1.807) is 17.4 Å². The summed E-state index contributed by atoms with van der Waals surface area (Å²) in [6, 6.07) is 7.44. The number of amides is 2. The number of thiophene rings is 1. The lowest BCUT2D eigenvalue weighted by molar-refractivity contribution is 0.0787. The highest BCUT2D eigenvalue weighted by Crippen LogP contribution is 2.41. The monoisotopic (exact) mass is 526 g/mol. The van der Waals surface area contributed by atoms with E-state index in [0.29, 0.717) is 11.6 Å². The van der Waals surface area contributed by atoms with Crippen molar-refractivity contribution in [3.05, 3.63) is 77.3 Å². The molecule has 3 aliphatic rings. The van der Waals surface area contributed by atoms with Crippen LogP contribution in [0, 0.1) is 0 Å². The third kappa shape index (κ3) is 5.56. The predicted octanol–water partition coefficient (Wildman–Crippen LogP) is 5.80. The van der Waals surface area contributed by atoms with Gasteiger partial charge in [-0.15, -0.1) is 11.3 Å². The molecule has 1 saturated heterocycles. The van der Waals surface area contributed by atoms with Crippen molar-refractivity contribution in [3.63, 3.8) is 0 Å². The summed E-state index contributed by atoms with van der Waals surface area (Å²) in [5, 5.41) is 2.29. The summed E-state index contributed by atoms with van der Waals surface area (Å²) in [6.45, 7) is 5.19. The fourth-order valence-electron chi connectivity index (χ4n) is 4.69. The number of carbonyl (C=O) groups excluding carboxylic acids is 1. The van der Waals surface area contributed by atoms with E-state index in [1.165, 1.54) is 16.9 Å². The Kier molecular flexibility index (Phi) is 7.84. The number of halogens is 1. The highest BCUT2D eigenvalue weighted by molar-refractivity contribution is 7.23. The third-order valence-electron chi connectivity index (χ3n) is 6.71. The molecule has 190 valence electrons. The van der Waals surface area contributed by atoms with Crippen molar-refractivity contribution in [1.82, 2.24) is 9.80 Å². The molecule has 0 spiro atoms. The SMILES string of the molecule is NC(=O)N(CCCCN1CCN(C2=COC=C(C3=CC=CCC3)O2)CC1)c1sc2ccccc2c1Cl.